The van der Waals surface area contributed by atoms with Gasteiger partial charge in [0.15, 0.2) is 5.13 Å². The minimum atomic E-state index is -0.0144. The van der Waals surface area contributed by atoms with Crippen LogP contribution in [-0.4, -0.2) is 54.1 Å². The third kappa shape index (κ3) is 4.65. The molecule has 0 radical (unpaired) electrons. The number of pyridine rings is 1. The molecule has 4 rings (SSSR count). The van der Waals surface area contributed by atoms with Crippen LogP contribution in [0.1, 0.15) is 16.1 Å². The van der Waals surface area contributed by atoms with Gasteiger partial charge >= 0.3 is 0 Å². The number of hydrogen-bond donors (Lipinski definition) is 1. The summed E-state index contributed by atoms with van der Waals surface area (Å²) in [6.07, 6.45) is 1.79. The molecule has 1 aliphatic rings. The number of methoxy groups -OCH3 is 1. The van der Waals surface area contributed by atoms with Gasteiger partial charge in [-0.2, -0.15) is 0 Å². The molecule has 0 saturated carbocycles. The van der Waals surface area contributed by atoms with Crippen molar-refractivity contribution in [3.05, 3.63) is 65.3 Å². The first kappa shape index (κ1) is 19.2. The van der Waals surface area contributed by atoms with Crippen LogP contribution in [0.2, 0.25) is 0 Å². The molecule has 3 heterocycles. The lowest BCUT2D eigenvalue weighted by molar-refractivity contribution is 0.0741. The van der Waals surface area contributed by atoms with Crippen LogP contribution in [0.5, 0.6) is 5.75 Å². The van der Waals surface area contributed by atoms with Gasteiger partial charge in [-0.15, -0.1) is 11.3 Å². The van der Waals surface area contributed by atoms with Gasteiger partial charge in [0.25, 0.3) is 5.91 Å². The number of nitrogens with one attached hydrogen (secondary N) is 1. The first-order valence-corrected chi connectivity index (χ1v) is 10.4. The molecular weight excluding hydrogens is 386 g/mol. The van der Waals surface area contributed by atoms with Crippen LogP contribution < -0.4 is 15.0 Å². The summed E-state index contributed by atoms with van der Waals surface area (Å²) in [4.78, 5) is 25.7. The fourth-order valence-corrected chi connectivity index (χ4v) is 3.90. The largest absolute Gasteiger partial charge is 0.497 e. The molecule has 1 aliphatic heterocycles. The van der Waals surface area contributed by atoms with E-state index in [2.05, 4.69) is 20.2 Å². The Balaban J connectivity index is 1.30. The summed E-state index contributed by atoms with van der Waals surface area (Å²) in [5.41, 5.74) is 1.62. The molecule has 0 spiro atoms. The van der Waals surface area contributed by atoms with E-state index in [0.717, 1.165) is 35.4 Å². The normalized spacial score (nSPS) is 14.0. The topological polar surface area (TPSA) is 70.6 Å². The number of aromatic nitrogens is 2. The Hall–Kier alpha value is -3.13. The Bertz CT molecular complexity index is 937. The van der Waals surface area contributed by atoms with Crippen molar-refractivity contribution in [2.75, 3.05) is 43.5 Å². The number of nitrogens with zero attached hydrogens (tertiary/aromatic N) is 4. The van der Waals surface area contributed by atoms with Crippen molar-refractivity contribution in [2.45, 2.75) is 6.54 Å². The van der Waals surface area contributed by atoms with E-state index in [0.29, 0.717) is 25.3 Å². The Morgan fingerprint density at radius 2 is 1.93 bits per heavy atom. The van der Waals surface area contributed by atoms with Crippen LogP contribution in [0.4, 0.5) is 10.9 Å². The number of benzene rings is 1. The van der Waals surface area contributed by atoms with E-state index in [9.17, 15) is 4.79 Å². The summed E-state index contributed by atoms with van der Waals surface area (Å²) >= 11 is 1.45. The van der Waals surface area contributed by atoms with Gasteiger partial charge < -0.3 is 19.9 Å². The summed E-state index contributed by atoms with van der Waals surface area (Å²) in [5.74, 6) is 1.77. The van der Waals surface area contributed by atoms with Gasteiger partial charge in [-0.25, -0.2) is 9.97 Å². The van der Waals surface area contributed by atoms with Crippen molar-refractivity contribution in [3.8, 4) is 5.75 Å². The molecule has 7 nitrogen and oxygen atoms in total. The average Bonchev–Trinajstić information content (AvgIpc) is 3.27. The van der Waals surface area contributed by atoms with Gasteiger partial charge in [-0.1, -0.05) is 18.2 Å². The molecule has 1 amide bonds. The first-order valence-electron chi connectivity index (χ1n) is 9.50. The van der Waals surface area contributed by atoms with E-state index in [1.165, 1.54) is 11.3 Å². The van der Waals surface area contributed by atoms with E-state index < -0.39 is 0 Å². The second-order valence-corrected chi connectivity index (χ2v) is 7.56. The van der Waals surface area contributed by atoms with Crippen LogP contribution in [0.25, 0.3) is 0 Å². The summed E-state index contributed by atoms with van der Waals surface area (Å²) in [6, 6.07) is 13.8. The molecule has 8 heteroatoms. The quantitative estimate of drug-likeness (QED) is 0.675. The molecule has 0 aliphatic carbocycles. The van der Waals surface area contributed by atoms with E-state index in [-0.39, 0.29) is 5.91 Å². The molecule has 1 saturated heterocycles. The summed E-state index contributed by atoms with van der Waals surface area (Å²) in [7, 11) is 1.65. The minimum absolute atomic E-state index is 0.0144. The molecule has 2 aromatic heterocycles. The molecule has 150 valence electrons. The average molecular weight is 410 g/mol. The van der Waals surface area contributed by atoms with Crippen LogP contribution in [0.15, 0.2) is 54.0 Å². The van der Waals surface area contributed by atoms with Crippen molar-refractivity contribution < 1.29 is 9.53 Å². The lowest BCUT2D eigenvalue weighted by Crippen LogP contribution is -2.49. The lowest BCUT2D eigenvalue weighted by atomic mass is 10.2. The van der Waals surface area contributed by atoms with Crippen molar-refractivity contribution >= 4 is 28.2 Å². The molecule has 3 aromatic rings. The number of ether oxygens (including phenoxy) is 1. The van der Waals surface area contributed by atoms with E-state index in [4.69, 9.17) is 4.74 Å². The molecule has 0 bridgehead atoms. The molecule has 29 heavy (non-hydrogen) atoms. The SMILES string of the molecule is COc1ccc(CNc2nc(C(=O)N3CCN(c4ccccn4)CC3)cs2)cc1. The maximum Gasteiger partial charge on any atom is 0.273 e. The highest BCUT2D eigenvalue weighted by molar-refractivity contribution is 7.13. The van der Waals surface area contributed by atoms with E-state index >= 15 is 0 Å². The molecule has 1 fully saturated rings. The third-order valence-corrected chi connectivity index (χ3v) is 5.67. The fourth-order valence-electron chi connectivity index (χ4n) is 3.22. The standard InChI is InChI=1S/C21H23N5O2S/c1-28-17-7-5-16(6-8-17)14-23-21-24-18(15-29-21)20(27)26-12-10-25(11-13-26)19-4-2-3-9-22-19/h2-9,15H,10-14H2,1H3,(H,23,24). The first-order chi connectivity index (χ1) is 14.2. The number of rotatable bonds is 6. The van der Waals surface area contributed by atoms with Gasteiger partial charge in [0.05, 0.1) is 7.11 Å². The van der Waals surface area contributed by atoms with E-state index in [1.807, 2.05) is 52.7 Å². The summed E-state index contributed by atoms with van der Waals surface area (Å²) in [6.45, 7) is 3.53. The number of carbonyl (C=O) groups excluding carboxylic acids is 1. The Kier molecular flexibility index (Phi) is 5.90. The Morgan fingerprint density at radius 3 is 2.62 bits per heavy atom. The predicted octanol–water partition coefficient (Wildman–Crippen LogP) is 3.12. The van der Waals surface area contributed by atoms with Gasteiger partial charge in [0.2, 0.25) is 0 Å². The molecule has 0 atom stereocenters. The second kappa shape index (κ2) is 8.91. The zero-order valence-corrected chi connectivity index (χ0v) is 17.1. The second-order valence-electron chi connectivity index (χ2n) is 6.71. The van der Waals surface area contributed by atoms with Crippen molar-refractivity contribution in [1.82, 2.24) is 14.9 Å². The summed E-state index contributed by atoms with van der Waals surface area (Å²) < 4.78 is 5.17. The van der Waals surface area contributed by atoms with Gasteiger partial charge in [-0.3, -0.25) is 4.79 Å². The van der Waals surface area contributed by atoms with E-state index in [1.54, 1.807) is 13.3 Å². The maximum absolute atomic E-state index is 12.8. The zero-order valence-electron chi connectivity index (χ0n) is 16.2. The Labute approximate surface area is 174 Å². The predicted molar refractivity (Wildman–Crippen MR) is 115 cm³/mol. The maximum atomic E-state index is 12.8. The molecule has 1 aromatic carbocycles. The van der Waals surface area contributed by atoms with Gasteiger partial charge in [0.1, 0.15) is 17.3 Å². The van der Waals surface area contributed by atoms with Crippen LogP contribution in [-0.2, 0) is 6.54 Å². The van der Waals surface area contributed by atoms with Crippen molar-refractivity contribution in [3.63, 3.8) is 0 Å². The number of anilines is 2. The van der Waals surface area contributed by atoms with Crippen molar-refractivity contribution in [1.29, 1.82) is 0 Å². The number of amides is 1. The monoisotopic (exact) mass is 409 g/mol. The zero-order chi connectivity index (χ0) is 20.1. The van der Waals surface area contributed by atoms with Crippen LogP contribution in [0, 0.1) is 0 Å². The number of thiazole rings is 1. The van der Waals surface area contributed by atoms with Gasteiger partial charge in [-0.05, 0) is 29.8 Å². The minimum Gasteiger partial charge on any atom is -0.497 e. The van der Waals surface area contributed by atoms with Gasteiger partial charge in [0, 0.05) is 44.3 Å². The van der Waals surface area contributed by atoms with Crippen LogP contribution >= 0.6 is 11.3 Å². The van der Waals surface area contributed by atoms with Crippen LogP contribution in [0.3, 0.4) is 0 Å². The highest BCUT2D eigenvalue weighted by Crippen LogP contribution is 2.20. The Morgan fingerprint density at radius 1 is 1.14 bits per heavy atom. The number of hydrogen-bond acceptors (Lipinski definition) is 7. The molecule has 0 unspecified atom stereocenters. The highest BCUT2D eigenvalue weighted by Gasteiger charge is 2.24. The smallest absolute Gasteiger partial charge is 0.273 e. The van der Waals surface area contributed by atoms with Crippen molar-refractivity contribution in [2.24, 2.45) is 0 Å². The third-order valence-electron chi connectivity index (χ3n) is 4.87. The summed E-state index contributed by atoms with van der Waals surface area (Å²) in [5, 5.41) is 5.85. The fraction of sp³-hybridized carbons (Fsp3) is 0.286. The molecule has 1 N–H and O–H groups in total. The molecular formula is C21H23N5O2S. The lowest BCUT2D eigenvalue weighted by Gasteiger charge is -2.35. The number of carbonyl (C=O) groups is 1. The highest BCUT2D eigenvalue weighted by atomic mass is 32.1. The number of piperazine rings is 1.